The summed E-state index contributed by atoms with van der Waals surface area (Å²) in [5.41, 5.74) is 3.31. The number of piperazine rings is 1. The van der Waals surface area contributed by atoms with E-state index in [1.165, 1.54) is 0 Å². The minimum Gasteiger partial charge on any atom is -0.495 e. The number of hydrogen-bond donors (Lipinski definition) is 1. The molecule has 152 valence electrons. The molecule has 7 heteroatoms. The molecule has 4 rings (SSSR count). The van der Waals surface area contributed by atoms with E-state index in [-0.39, 0.29) is 0 Å². The summed E-state index contributed by atoms with van der Waals surface area (Å²) in [6.07, 6.45) is 0. The number of ether oxygens (including phenoxy) is 1. The number of benzene rings is 2. The van der Waals surface area contributed by atoms with Gasteiger partial charge in [0, 0.05) is 40.3 Å². The largest absolute Gasteiger partial charge is 0.495 e. The van der Waals surface area contributed by atoms with Crippen molar-refractivity contribution in [1.29, 1.82) is 0 Å². The van der Waals surface area contributed by atoms with Crippen LogP contribution in [0, 0.1) is 0 Å². The van der Waals surface area contributed by atoms with Crippen LogP contribution in [0.25, 0.3) is 11.0 Å². The third kappa shape index (κ3) is 3.85. The number of fused-ring (bicyclic) bond motifs is 1. The fourth-order valence-electron chi connectivity index (χ4n) is 3.89. The first-order valence-electron chi connectivity index (χ1n) is 9.95. The molecular weight excluding hydrogens is 364 g/mol. The summed E-state index contributed by atoms with van der Waals surface area (Å²) in [4.78, 5) is 13.9. The van der Waals surface area contributed by atoms with E-state index in [0.29, 0.717) is 6.54 Å². The lowest BCUT2D eigenvalue weighted by atomic mass is 10.2. The Kier molecular flexibility index (Phi) is 5.55. The van der Waals surface area contributed by atoms with Gasteiger partial charge in [0.1, 0.15) is 11.6 Å². The topological polar surface area (TPSA) is 57.9 Å². The van der Waals surface area contributed by atoms with Crippen molar-refractivity contribution in [2.75, 3.05) is 45.2 Å². The van der Waals surface area contributed by atoms with Crippen molar-refractivity contribution in [3.8, 4) is 5.75 Å². The van der Waals surface area contributed by atoms with Crippen molar-refractivity contribution in [3.05, 3.63) is 54.4 Å². The Balaban J connectivity index is 1.39. The van der Waals surface area contributed by atoms with E-state index in [1.54, 1.807) is 7.11 Å². The molecule has 29 heavy (non-hydrogen) atoms. The van der Waals surface area contributed by atoms with Gasteiger partial charge in [-0.3, -0.25) is 4.99 Å². The Morgan fingerprint density at radius 2 is 1.79 bits per heavy atom. The standard InChI is InChI=1S/C22H28N6O/c1-23-22(24-16-21-25-17-8-4-5-9-18(17)26(21)2)28-14-12-27(13-15-28)19-10-6-7-11-20(19)29-3/h4-11H,12-16H2,1-3H3,(H,23,24). The molecule has 1 saturated heterocycles. The maximum Gasteiger partial charge on any atom is 0.194 e. The summed E-state index contributed by atoms with van der Waals surface area (Å²) in [6, 6.07) is 16.4. The van der Waals surface area contributed by atoms with Gasteiger partial charge < -0.3 is 24.4 Å². The smallest absolute Gasteiger partial charge is 0.194 e. The first-order chi connectivity index (χ1) is 14.2. The Morgan fingerprint density at radius 1 is 1.07 bits per heavy atom. The van der Waals surface area contributed by atoms with Gasteiger partial charge in [0.05, 0.1) is 30.4 Å². The summed E-state index contributed by atoms with van der Waals surface area (Å²) >= 11 is 0. The Hall–Kier alpha value is -3.22. The molecular formula is C22H28N6O. The van der Waals surface area contributed by atoms with Crippen molar-refractivity contribution in [1.82, 2.24) is 19.8 Å². The van der Waals surface area contributed by atoms with Gasteiger partial charge in [0.15, 0.2) is 5.96 Å². The lowest BCUT2D eigenvalue weighted by Crippen LogP contribution is -2.52. The molecule has 1 aromatic heterocycles. The van der Waals surface area contributed by atoms with Gasteiger partial charge in [-0.05, 0) is 24.3 Å². The molecule has 0 spiro atoms. The highest BCUT2D eigenvalue weighted by Crippen LogP contribution is 2.28. The zero-order valence-electron chi connectivity index (χ0n) is 17.3. The Labute approximate surface area is 171 Å². The van der Waals surface area contributed by atoms with Crippen LogP contribution in [0.15, 0.2) is 53.5 Å². The number of nitrogens with zero attached hydrogens (tertiary/aromatic N) is 5. The van der Waals surface area contributed by atoms with E-state index < -0.39 is 0 Å². The number of nitrogens with one attached hydrogen (secondary N) is 1. The quantitative estimate of drug-likeness (QED) is 0.546. The molecule has 0 aliphatic carbocycles. The second-order valence-electron chi connectivity index (χ2n) is 7.12. The van der Waals surface area contributed by atoms with E-state index in [0.717, 1.165) is 60.4 Å². The van der Waals surface area contributed by atoms with Gasteiger partial charge in [-0.15, -0.1) is 0 Å². The van der Waals surface area contributed by atoms with Crippen LogP contribution in [-0.4, -0.2) is 60.7 Å². The number of anilines is 1. The van der Waals surface area contributed by atoms with E-state index in [9.17, 15) is 0 Å². The van der Waals surface area contributed by atoms with Crippen molar-refractivity contribution in [2.24, 2.45) is 12.0 Å². The number of rotatable bonds is 4. The van der Waals surface area contributed by atoms with Gasteiger partial charge >= 0.3 is 0 Å². The number of hydrogen-bond acceptors (Lipinski definition) is 4. The van der Waals surface area contributed by atoms with Crippen LogP contribution in [0.4, 0.5) is 5.69 Å². The molecule has 1 aliphatic heterocycles. The number of aliphatic imine (C=N–C) groups is 1. The van der Waals surface area contributed by atoms with Crippen molar-refractivity contribution >= 4 is 22.7 Å². The fourth-order valence-corrected chi connectivity index (χ4v) is 3.89. The van der Waals surface area contributed by atoms with Crippen molar-refractivity contribution < 1.29 is 4.74 Å². The van der Waals surface area contributed by atoms with E-state index in [2.05, 4.69) is 49.9 Å². The molecule has 0 bridgehead atoms. The van der Waals surface area contributed by atoms with Crippen LogP contribution < -0.4 is 15.0 Å². The minimum absolute atomic E-state index is 0.643. The maximum absolute atomic E-state index is 5.52. The SMILES string of the molecule is CN=C(NCc1nc2ccccc2n1C)N1CCN(c2ccccc2OC)CC1. The third-order valence-electron chi connectivity index (χ3n) is 5.50. The highest BCUT2D eigenvalue weighted by Gasteiger charge is 2.22. The second-order valence-corrected chi connectivity index (χ2v) is 7.12. The van der Waals surface area contributed by atoms with Crippen LogP contribution in [0.1, 0.15) is 5.82 Å². The predicted molar refractivity (Wildman–Crippen MR) is 118 cm³/mol. The van der Waals surface area contributed by atoms with E-state index >= 15 is 0 Å². The molecule has 1 fully saturated rings. The monoisotopic (exact) mass is 392 g/mol. The number of guanidine groups is 1. The number of aryl methyl sites for hydroxylation is 1. The molecule has 0 amide bonds. The number of imidazole rings is 1. The lowest BCUT2D eigenvalue weighted by molar-refractivity contribution is 0.366. The molecule has 1 aliphatic rings. The molecule has 0 unspecified atom stereocenters. The van der Waals surface area contributed by atoms with Crippen LogP contribution in [0.5, 0.6) is 5.75 Å². The summed E-state index contributed by atoms with van der Waals surface area (Å²) in [7, 11) is 5.62. The maximum atomic E-state index is 5.52. The molecule has 7 nitrogen and oxygen atoms in total. The summed E-state index contributed by atoms with van der Waals surface area (Å²) < 4.78 is 7.65. The normalized spacial score (nSPS) is 15.1. The average molecular weight is 393 g/mol. The number of aromatic nitrogens is 2. The third-order valence-corrected chi connectivity index (χ3v) is 5.50. The number of para-hydroxylation sites is 4. The highest BCUT2D eigenvalue weighted by atomic mass is 16.5. The molecule has 2 aromatic carbocycles. The predicted octanol–water partition coefficient (Wildman–Crippen LogP) is 2.48. The van der Waals surface area contributed by atoms with Crippen molar-refractivity contribution in [3.63, 3.8) is 0 Å². The van der Waals surface area contributed by atoms with Crippen LogP contribution >= 0.6 is 0 Å². The van der Waals surface area contributed by atoms with Crippen LogP contribution in [0.2, 0.25) is 0 Å². The molecule has 0 saturated carbocycles. The van der Waals surface area contributed by atoms with E-state index in [1.807, 2.05) is 37.4 Å². The first kappa shape index (κ1) is 19.1. The molecule has 0 radical (unpaired) electrons. The molecule has 2 heterocycles. The molecule has 3 aromatic rings. The number of methoxy groups -OCH3 is 1. The van der Waals surface area contributed by atoms with Gasteiger partial charge in [-0.2, -0.15) is 0 Å². The molecule has 0 atom stereocenters. The highest BCUT2D eigenvalue weighted by molar-refractivity contribution is 5.80. The van der Waals surface area contributed by atoms with Gasteiger partial charge in [-0.1, -0.05) is 24.3 Å². The van der Waals surface area contributed by atoms with E-state index in [4.69, 9.17) is 9.72 Å². The van der Waals surface area contributed by atoms with Gasteiger partial charge in [-0.25, -0.2) is 4.98 Å². The van der Waals surface area contributed by atoms with Crippen molar-refractivity contribution in [2.45, 2.75) is 6.54 Å². The van der Waals surface area contributed by atoms with Gasteiger partial charge in [0.25, 0.3) is 0 Å². The Bertz CT molecular complexity index is 1000. The zero-order chi connectivity index (χ0) is 20.2. The fraction of sp³-hybridized carbons (Fsp3) is 0.364. The van der Waals surface area contributed by atoms with Crippen LogP contribution in [-0.2, 0) is 13.6 Å². The summed E-state index contributed by atoms with van der Waals surface area (Å²) in [5, 5.41) is 3.48. The minimum atomic E-state index is 0.643. The van der Waals surface area contributed by atoms with Gasteiger partial charge in [0.2, 0.25) is 0 Å². The molecule has 1 N–H and O–H groups in total. The van der Waals surface area contributed by atoms with Crippen LogP contribution in [0.3, 0.4) is 0 Å². The summed E-state index contributed by atoms with van der Waals surface area (Å²) in [6.45, 7) is 4.30. The first-order valence-corrected chi connectivity index (χ1v) is 9.95. The lowest BCUT2D eigenvalue weighted by Gasteiger charge is -2.38. The zero-order valence-corrected chi connectivity index (χ0v) is 17.3. The summed E-state index contributed by atoms with van der Waals surface area (Å²) in [5.74, 6) is 2.84. The average Bonchev–Trinajstić information content (AvgIpc) is 3.10. The second kappa shape index (κ2) is 8.43. The Morgan fingerprint density at radius 3 is 2.52 bits per heavy atom.